The first-order valence-corrected chi connectivity index (χ1v) is 5.50. The molecule has 0 aliphatic heterocycles. The molecule has 2 aromatic carbocycles. The summed E-state index contributed by atoms with van der Waals surface area (Å²) in [5.41, 5.74) is -1.50. The Morgan fingerprint density at radius 1 is 0.800 bits per heavy atom. The zero-order chi connectivity index (χ0) is 14.9. The molecular formula is C14H8F5N. The van der Waals surface area contributed by atoms with Crippen molar-refractivity contribution in [3.05, 3.63) is 70.8 Å². The molecule has 0 saturated carbocycles. The van der Waals surface area contributed by atoms with Crippen LogP contribution in [0.4, 0.5) is 22.0 Å². The lowest BCUT2D eigenvalue weighted by molar-refractivity contribution is -0.137. The minimum atomic E-state index is -4.69. The molecule has 0 bridgehead atoms. The predicted octanol–water partition coefficient (Wildman–Crippen LogP) is 4.40. The lowest BCUT2D eigenvalue weighted by atomic mass is 10.00. The number of nitrogens with one attached hydrogen (secondary N) is 1. The Hall–Kier alpha value is -2.24. The summed E-state index contributed by atoms with van der Waals surface area (Å²) in [6.07, 6.45) is -4.69. The summed E-state index contributed by atoms with van der Waals surface area (Å²) in [5, 5.41) is 7.78. The number of hydrogen-bond donors (Lipinski definition) is 1. The van der Waals surface area contributed by atoms with Crippen molar-refractivity contribution in [3.63, 3.8) is 0 Å². The van der Waals surface area contributed by atoms with Crippen LogP contribution in [0.2, 0.25) is 0 Å². The highest BCUT2D eigenvalue weighted by Gasteiger charge is 2.31. The second-order valence-corrected chi connectivity index (χ2v) is 4.11. The summed E-state index contributed by atoms with van der Waals surface area (Å²) in [6, 6.07) is 6.53. The van der Waals surface area contributed by atoms with E-state index in [1.165, 1.54) is 12.1 Å². The number of alkyl halides is 3. The third-order valence-electron chi connectivity index (χ3n) is 2.65. The van der Waals surface area contributed by atoms with Crippen molar-refractivity contribution in [2.24, 2.45) is 0 Å². The zero-order valence-corrected chi connectivity index (χ0v) is 9.93. The topological polar surface area (TPSA) is 23.9 Å². The van der Waals surface area contributed by atoms with Crippen molar-refractivity contribution in [2.75, 3.05) is 0 Å². The van der Waals surface area contributed by atoms with Crippen LogP contribution in [0.25, 0.3) is 0 Å². The van der Waals surface area contributed by atoms with Crippen LogP contribution in [0.1, 0.15) is 16.7 Å². The quantitative estimate of drug-likeness (QED) is 0.624. The minimum Gasteiger partial charge on any atom is -0.300 e. The second kappa shape index (κ2) is 5.03. The Labute approximate surface area is 111 Å². The molecule has 0 unspecified atom stereocenters. The van der Waals surface area contributed by atoms with E-state index in [0.717, 1.165) is 18.2 Å². The average Bonchev–Trinajstić information content (AvgIpc) is 2.37. The maximum atomic E-state index is 13.2. The first-order chi connectivity index (χ1) is 9.27. The van der Waals surface area contributed by atoms with Gasteiger partial charge < -0.3 is 0 Å². The van der Waals surface area contributed by atoms with Gasteiger partial charge >= 0.3 is 6.18 Å². The molecule has 0 amide bonds. The van der Waals surface area contributed by atoms with E-state index in [0.29, 0.717) is 12.1 Å². The molecular weight excluding hydrogens is 277 g/mol. The maximum absolute atomic E-state index is 13.2. The van der Waals surface area contributed by atoms with Gasteiger partial charge in [0.15, 0.2) is 0 Å². The first kappa shape index (κ1) is 14.2. The molecule has 104 valence electrons. The molecule has 1 nitrogen and oxygen atoms in total. The van der Waals surface area contributed by atoms with Gasteiger partial charge in [-0.05, 0) is 42.5 Å². The van der Waals surface area contributed by atoms with Gasteiger partial charge in [0, 0.05) is 11.1 Å². The Balaban J connectivity index is 2.45. The van der Waals surface area contributed by atoms with Crippen LogP contribution in [0.5, 0.6) is 0 Å². The molecule has 0 spiro atoms. The largest absolute Gasteiger partial charge is 0.416 e. The van der Waals surface area contributed by atoms with Gasteiger partial charge in [-0.3, -0.25) is 5.41 Å². The van der Waals surface area contributed by atoms with Crippen molar-refractivity contribution >= 4 is 5.71 Å². The molecule has 2 aromatic rings. The number of benzene rings is 2. The van der Waals surface area contributed by atoms with Gasteiger partial charge in [0.1, 0.15) is 11.6 Å². The van der Waals surface area contributed by atoms with E-state index in [9.17, 15) is 22.0 Å². The number of halogens is 5. The van der Waals surface area contributed by atoms with Crippen LogP contribution in [0.3, 0.4) is 0 Å². The monoisotopic (exact) mass is 285 g/mol. The fraction of sp³-hybridized carbons (Fsp3) is 0.0714. The first-order valence-electron chi connectivity index (χ1n) is 5.50. The molecule has 2 rings (SSSR count). The fourth-order valence-corrected chi connectivity index (χ4v) is 1.68. The van der Waals surface area contributed by atoms with Gasteiger partial charge in [-0.1, -0.05) is 0 Å². The molecule has 0 radical (unpaired) electrons. The molecule has 0 aliphatic rings. The Bertz CT molecular complexity index is 644. The SMILES string of the molecule is N=C(c1ccc(F)cc1)c1cc(F)cc(C(F)(F)F)c1. The van der Waals surface area contributed by atoms with Crippen LogP contribution >= 0.6 is 0 Å². The second-order valence-electron chi connectivity index (χ2n) is 4.11. The molecule has 0 aromatic heterocycles. The standard InChI is InChI=1S/C14H8F5N/c15-11-3-1-8(2-4-11)13(20)9-5-10(14(17,18)19)7-12(16)6-9/h1-7,20H. The van der Waals surface area contributed by atoms with Crippen LogP contribution in [-0.4, -0.2) is 5.71 Å². The van der Waals surface area contributed by atoms with Gasteiger partial charge in [-0.2, -0.15) is 13.2 Å². The van der Waals surface area contributed by atoms with Crippen LogP contribution in [-0.2, 0) is 6.18 Å². The number of hydrogen-bond acceptors (Lipinski definition) is 1. The van der Waals surface area contributed by atoms with Gasteiger partial charge in [0.25, 0.3) is 0 Å². The Morgan fingerprint density at radius 2 is 1.40 bits per heavy atom. The highest BCUT2D eigenvalue weighted by Crippen LogP contribution is 2.30. The third-order valence-corrected chi connectivity index (χ3v) is 2.65. The summed E-state index contributed by atoms with van der Waals surface area (Å²) >= 11 is 0. The van der Waals surface area contributed by atoms with Gasteiger partial charge in [-0.15, -0.1) is 0 Å². The van der Waals surface area contributed by atoms with Gasteiger partial charge in [0.05, 0.1) is 11.3 Å². The minimum absolute atomic E-state index is 0.199. The van der Waals surface area contributed by atoms with E-state index < -0.39 is 23.4 Å². The fourth-order valence-electron chi connectivity index (χ4n) is 1.68. The molecule has 0 aliphatic carbocycles. The van der Waals surface area contributed by atoms with Crippen molar-refractivity contribution in [1.82, 2.24) is 0 Å². The van der Waals surface area contributed by atoms with E-state index in [1.54, 1.807) is 0 Å². The number of rotatable bonds is 2. The highest BCUT2D eigenvalue weighted by atomic mass is 19.4. The normalized spacial score (nSPS) is 11.4. The Kier molecular flexibility index (Phi) is 3.57. The van der Waals surface area contributed by atoms with Crippen LogP contribution in [0.15, 0.2) is 42.5 Å². The predicted molar refractivity (Wildman–Crippen MR) is 63.7 cm³/mol. The van der Waals surface area contributed by atoms with Crippen LogP contribution < -0.4 is 0 Å². The summed E-state index contributed by atoms with van der Waals surface area (Å²) in [7, 11) is 0. The zero-order valence-electron chi connectivity index (χ0n) is 9.93. The Morgan fingerprint density at radius 3 is 1.95 bits per heavy atom. The van der Waals surface area contributed by atoms with Crippen molar-refractivity contribution in [3.8, 4) is 0 Å². The van der Waals surface area contributed by atoms with Crippen molar-refractivity contribution in [2.45, 2.75) is 6.18 Å². The molecule has 0 fully saturated rings. The molecule has 0 saturated heterocycles. The van der Waals surface area contributed by atoms with Gasteiger partial charge in [-0.25, -0.2) is 8.78 Å². The van der Waals surface area contributed by atoms with Gasteiger partial charge in [0.2, 0.25) is 0 Å². The van der Waals surface area contributed by atoms with E-state index in [1.807, 2.05) is 0 Å². The van der Waals surface area contributed by atoms with E-state index in [-0.39, 0.29) is 16.8 Å². The maximum Gasteiger partial charge on any atom is 0.416 e. The van der Waals surface area contributed by atoms with Crippen molar-refractivity contribution in [1.29, 1.82) is 5.41 Å². The molecule has 0 atom stereocenters. The lowest BCUT2D eigenvalue weighted by Gasteiger charge is -2.10. The molecule has 20 heavy (non-hydrogen) atoms. The summed E-state index contributed by atoms with van der Waals surface area (Å²) in [6.45, 7) is 0. The lowest BCUT2D eigenvalue weighted by Crippen LogP contribution is -2.09. The molecule has 6 heteroatoms. The third kappa shape index (κ3) is 3.01. The van der Waals surface area contributed by atoms with E-state index in [2.05, 4.69) is 0 Å². The summed E-state index contributed by atoms with van der Waals surface area (Å²) in [4.78, 5) is 0. The van der Waals surface area contributed by atoms with Crippen molar-refractivity contribution < 1.29 is 22.0 Å². The summed E-state index contributed by atoms with van der Waals surface area (Å²) in [5.74, 6) is -1.61. The van der Waals surface area contributed by atoms with E-state index in [4.69, 9.17) is 5.41 Å². The molecule has 0 heterocycles. The highest BCUT2D eigenvalue weighted by molar-refractivity contribution is 6.10. The average molecular weight is 285 g/mol. The summed E-state index contributed by atoms with van der Waals surface area (Å²) < 4.78 is 63.7. The van der Waals surface area contributed by atoms with E-state index >= 15 is 0 Å². The smallest absolute Gasteiger partial charge is 0.300 e. The molecule has 1 N–H and O–H groups in total. The van der Waals surface area contributed by atoms with Crippen LogP contribution in [0, 0.1) is 17.0 Å².